The van der Waals surface area contributed by atoms with E-state index in [-0.39, 0.29) is 25.7 Å². The first-order valence-corrected chi connectivity index (χ1v) is 9.23. The maximum Gasteiger partial charge on any atom is 0.303 e. The lowest BCUT2D eigenvalue weighted by molar-refractivity contribution is -0.137. The summed E-state index contributed by atoms with van der Waals surface area (Å²) in [6, 6.07) is 13.6. The van der Waals surface area contributed by atoms with Gasteiger partial charge in [-0.3, -0.25) is 9.59 Å². The molecule has 0 spiro atoms. The van der Waals surface area contributed by atoms with Crippen LogP contribution in [0.4, 0.5) is 0 Å². The molecular formula is C22H20N2O4. The molecule has 28 heavy (non-hydrogen) atoms. The first-order valence-electron chi connectivity index (χ1n) is 9.23. The van der Waals surface area contributed by atoms with Crippen LogP contribution in [0.25, 0.3) is 22.3 Å². The topological polar surface area (TPSA) is 100 Å². The molecule has 0 unspecified atom stereocenters. The number of nitrogens with zero attached hydrogens (tertiary/aromatic N) is 2. The Balaban J connectivity index is 1.98. The number of hydrogen-bond donors (Lipinski definition) is 2. The Kier molecular flexibility index (Phi) is 4.34. The molecule has 4 rings (SSSR count). The summed E-state index contributed by atoms with van der Waals surface area (Å²) in [6.45, 7) is 1.98. The monoisotopic (exact) mass is 376 g/mol. The van der Waals surface area contributed by atoms with Crippen molar-refractivity contribution in [1.82, 2.24) is 9.97 Å². The molecule has 3 aromatic rings. The van der Waals surface area contributed by atoms with Gasteiger partial charge in [0.15, 0.2) is 0 Å². The van der Waals surface area contributed by atoms with Crippen molar-refractivity contribution in [3.05, 3.63) is 59.3 Å². The summed E-state index contributed by atoms with van der Waals surface area (Å²) in [5.41, 5.74) is 5.03. The SMILES string of the molecule is Cc1ccc2nc3c(nc2c1)C(CCC(=O)O)(CCC(=O)O)c1ccccc1-3. The van der Waals surface area contributed by atoms with Crippen LogP contribution in [0.2, 0.25) is 0 Å². The molecule has 0 bridgehead atoms. The maximum atomic E-state index is 11.4. The minimum Gasteiger partial charge on any atom is -0.481 e. The van der Waals surface area contributed by atoms with E-state index in [1.54, 1.807) is 0 Å². The molecule has 1 aliphatic carbocycles. The number of carbonyl (C=O) groups is 2. The van der Waals surface area contributed by atoms with Crippen LogP contribution in [-0.4, -0.2) is 32.1 Å². The molecule has 0 saturated carbocycles. The van der Waals surface area contributed by atoms with E-state index in [0.29, 0.717) is 5.69 Å². The standard InChI is InChI=1S/C22H20N2O4/c1-13-6-7-16-17(12-13)24-21-20(23-16)14-4-2-3-5-15(14)22(21,10-8-18(25)26)11-9-19(27)28/h2-7,12H,8-11H2,1H3,(H,25,26)(H,27,28). The number of carboxylic acid groups (broad SMARTS) is 2. The Hall–Kier alpha value is -3.28. The van der Waals surface area contributed by atoms with Crippen LogP contribution < -0.4 is 0 Å². The summed E-state index contributed by atoms with van der Waals surface area (Å²) in [6.07, 6.45) is 0.430. The summed E-state index contributed by atoms with van der Waals surface area (Å²) in [7, 11) is 0. The highest BCUT2D eigenvalue weighted by molar-refractivity contribution is 5.85. The quantitative estimate of drug-likeness (QED) is 0.676. The molecule has 1 aromatic heterocycles. The Morgan fingerprint density at radius 2 is 1.61 bits per heavy atom. The third-order valence-electron chi connectivity index (χ3n) is 5.50. The van der Waals surface area contributed by atoms with Crippen molar-refractivity contribution < 1.29 is 19.8 Å². The van der Waals surface area contributed by atoms with E-state index in [4.69, 9.17) is 9.97 Å². The number of aromatic nitrogens is 2. The molecule has 0 radical (unpaired) electrons. The fourth-order valence-electron chi connectivity index (χ4n) is 4.19. The Morgan fingerprint density at radius 3 is 2.29 bits per heavy atom. The smallest absolute Gasteiger partial charge is 0.303 e. The van der Waals surface area contributed by atoms with E-state index in [9.17, 15) is 19.8 Å². The van der Waals surface area contributed by atoms with E-state index >= 15 is 0 Å². The van der Waals surface area contributed by atoms with Crippen LogP contribution in [-0.2, 0) is 15.0 Å². The average Bonchev–Trinajstić information content (AvgIpc) is 2.93. The van der Waals surface area contributed by atoms with E-state index in [0.717, 1.165) is 33.4 Å². The van der Waals surface area contributed by atoms with Crippen molar-refractivity contribution in [1.29, 1.82) is 0 Å². The minimum atomic E-state index is -0.912. The largest absolute Gasteiger partial charge is 0.481 e. The van der Waals surface area contributed by atoms with Crippen LogP contribution in [0.3, 0.4) is 0 Å². The van der Waals surface area contributed by atoms with Gasteiger partial charge in [-0.05, 0) is 43.0 Å². The second-order valence-electron chi connectivity index (χ2n) is 7.33. The number of benzene rings is 2. The number of rotatable bonds is 6. The summed E-state index contributed by atoms with van der Waals surface area (Å²) >= 11 is 0. The van der Waals surface area contributed by atoms with Crippen molar-refractivity contribution in [2.75, 3.05) is 0 Å². The highest BCUT2D eigenvalue weighted by Crippen LogP contribution is 2.52. The lowest BCUT2D eigenvalue weighted by Gasteiger charge is -2.30. The zero-order valence-electron chi connectivity index (χ0n) is 15.5. The summed E-state index contributed by atoms with van der Waals surface area (Å²) in [5.74, 6) is -1.82. The van der Waals surface area contributed by atoms with Crippen LogP contribution in [0.1, 0.15) is 42.5 Å². The summed E-state index contributed by atoms with van der Waals surface area (Å²) < 4.78 is 0. The number of carboxylic acids is 2. The van der Waals surface area contributed by atoms with Gasteiger partial charge in [-0.25, -0.2) is 9.97 Å². The third kappa shape index (κ3) is 2.91. The van der Waals surface area contributed by atoms with Gasteiger partial charge in [0.2, 0.25) is 0 Å². The van der Waals surface area contributed by atoms with Gasteiger partial charge in [0.05, 0.1) is 22.4 Å². The van der Waals surface area contributed by atoms with E-state index in [2.05, 4.69) is 0 Å². The summed E-state index contributed by atoms with van der Waals surface area (Å²) in [5, 5.41) is 18.6. The molecule has 6 nitrogen and oxygen atoms in total. The van der Waals surface area contributed by atoms with Gasteiger partial charge >= 0.3 is 11.9 Å². The van der Waals surface area contributed by atoms with Gasteiger partial charge in [-0.1, -0.05) is 30.3 Å². The van der Waals surface area contributed by atoms with Crippen LogP contribution in [0.5, 0.6) is 0 Å². The van der Waals surface area contributed by atoms with Gasteiger partial charge in [-0.15, -0.1) is 0 Å². The van der Waals surface area contributed by atoms with Crippen molar-refractivity contribution >= 4 is 23.0 Å². The number of fused-ring (bicyclic) bond motifs is 4. The van der Waals surface area contributed by atoms with Crippen molar-refractivity contribution in [2.45, 2.75) is 38.0 Å². The fraction of sp³-hybridized carbons (Fsp3) is 0.273. The molecule has 0 saturated heterocycles. The molecule has 142 valence electrons. The Bertz CT molecular complexity index is 1090. The number of aryl methyl sites for hydroxylation is 1. The van der Waals surface area contributed by atoms with Crippen LogP contribution in [0, 0.1) is 6.92 Å². The van der Waals surface area contributed by atoms with Gasteiger partial charge in [0.1, 0.15) is 0 Å². The van der Waals surface area contributed by atoms with Gasteiger partial charge in [0, 0.05) is 23.8 Å². The second kappa shape index (κ2) is 6.71. The van der Waals surface area contributed by atoms with E-state index in [1.165, 1.54) is 0 Å². The highest BCUT2D eigenvalue weighted by Gasteiger charge is 2.45. The zero-order valence-corrected chi connectivity index (χ0v) is 15.5. The molecule has 0 fully saturated rings. The third-order valence-corrected chi connectivity index (χ3v) is 5.50. The van der Waals surface area contributed by atoms with E-state index in [1.807, 2.05) is 49.4 Å². The average molecular weight is 376 g/mol. The molecule has 2 N–H and O–H groups in total. The number of hydrogen-bond acceptors (Lipinski definition) is 4. The van der Waals surface area contributed by atoms with Gasteiger partial charge < -0.3 is 10.2 Å². The zero-order chi connectivity index (χ0) is 19.9. The Morgan fingerprint density at radius 1 is 0.929 bits per heavy atom. The molecule has 2 aromatic carbocycles. The molecule has 6 heteroatoms. The van der Waals surface area contributed by atoms with Crippen molar-refractivity contribution in [3.63, 3.8) is 0 Å². The predicted octanol–water partition coefficient (Wildman–Crippen LogP) is 3.93. The molecule has 1 heterocycles. The van der Waals surface area contributed by atoms with Crippen molar-refractivity contribution in [2.24, 2.45) is 0 Å². The molecule has 1 aliphatic rings. The highest BCUT2D eigenvalue weighted by atomic mass is 16.4. The van der Waals surface area contributed by atoms with Gasteiger partial charge in [-0.2, -0.15) is 0 Å². The lowest BCUT2D eigenvalue weighted by atomic mass is 9.73. The Labute approximate surface area is 161 Å². The van der Waals surface area contributed by atoms with E-state index < -0.39 is 17.4 Å². The van der Waals surface area contributed by atoms with Crippen molar-refractivity contribution in [3.8, 4) is 11.3 Å². The first-order chi connectivity index (χ1) is 13.4. The maximum absolute atomic E-state index is 11.4. The fourth-order valence-corrected chi connectivity index (χ4v) is 4.19. The lowest BCUT2D eigenvalue weighted by Crippen LogP contribution is -2.28. The number of aliphatic carboxylic acids is 2. The van der Waals surface area contributed by atoms with Crippen LogP contribution in [0.15, 0.2) is 42.5 Å². The molecule has 0 atom stereocenters. The molecule has 0 aliphatic heterocycles. The first kappa shape index (κ1) is 18.1. The minimum absolute atomic E-state index is 0.0685. The second-order valence-corrected chi connectivity index (χ2v) is 7.33. The predicted molar refractivity (Wildman–Crippen MR) is 104 cm³/mol. The molecule has 0 amide bonds. The normalized spacial score (nSPS) is 13.9. The molecular weight excluding hydrogens is 356 g/mol. The van der Waals surface area contributed by atoms with Crippen LogP contribution >= 0.6 is 0 Å². The summed E-state index contributed by atoms with van der Waals surface area (Å²) in [4.78, 5) is 32.5. The van der Waals surface area contributed by atoms with Gasteiger partial charge in [0.25, 0.3) is 0 Å².